The largest absolute Gasteiger partial charge is 0.313 e. The van der Waals surface area contributed by atoms with Gasteiger partial charge in [0.25, 0.3) is 0 Å². The Kier molecular flexibility index (Phi) is 3.72. The molecular formula is C15H28N2. The molecule has 3 fully saturated rings. The maximum absolute atomic E-state index is 3.63. The molecule has 4 atom stereocenters. The number of piperidine rings is 1. The number of hydrogen-bond donors (Lipinski definition) is 1. The van der Waals surface area contributed by atoms with Crippen LogP contribution in [-0.4, -0.2) is 37.1 Å². The van der Waals surface area contributed by atoms with Crippen LogP contribution in [0.3, 0.4) is 0 Å². The summed E-state index contributed by atoms with van der Waals surface area (Å²) in [5, 5.41) is 3.63. The van der Waals surface area contributed by atoms with Crippen molar-refractivity contribution in [3.05, 3.63) is 0 Å². The van der Waals surface area contributed by atoms with Crippen LogP contribution < -0.4 is 5.32 Å². The molecule has 2 bridgehead atoms. The van der Waals surface area contributed by atoms with E-state index in [-0.39, 0.29) is 0 Å². The van der Waals surface area contributed by atoms with Crippen LogP contribution in [0, 0.1) is 17.8 Å². The first kappa shape index (κ1) is 12.0. The summed E-state index contributed by atoms with van der Waals surface area (Å²) in [5.74, 6) is 3.26. The molecule has 0 aromatic carbocycles. The highest BCUT2D eigenvalue weighted by atomic mass is 15.2. The minimum absolute atomic E-state index is 0.771. The molecule has 17 heavy (non-hydrogen) atoms. The summed E-state index contributed by atoms with van der Waals surface area (Å²) < 4.78 is 0. The van der Waals surface area contributed by atoms with Gasteiger partial charge in [-0.25, -0.2) is 0 Å². The summed E-state index contributed by atoms with van der Waals surface area (Å²) in [6.07, 6.45) is 8.99. The highest BCUT2D eigenvalue weighted by molar-refractivity contribution is 4.92. The second-order valence-electron chi connectivity index (χ2n) is 6.59. The maximum Gasteiger partial charge on any atom is 0.0195 e. The summed E-state index contributed by atoms with van der Waals surface area (Å²) in [6.45, 7) is 7.43. The van der Waals surface area contributed by atoms with Crippen molar-refractivity contribution in [1.29, 1.82) is 0 Å². The summed E-state index contributed by atoms with van der Waals surface area (Å²) >= 11 is 0. The van der Waals surface area contributed by atoms with Crippen LogP contribution in [-0.2, 0) is 0 Å². The van der Waals surface area contributed by atoms with Crippen LogP contribution in [0.4, 0.5) is 0 Å². The van der Waals surface area contributed by atoms with Crippen LogP contribution >= 0.6 is 0 Å². The lowest BCUT2D eigenvalue weighted by Crippen LogP contribution is -2.47. The third-order valence-electron chi connectivity index (χ3n) is 5.38. The van der Waals surface area contributed by atoms with Gasteiger partial charge in [-0.2, -0.15) is 0 Å². The Morgan fingerprint density at radius 3 is 2.82 bits per heavy atom. The van der Waals surface area contributed by atoms with Gasteiger partial charge in [0.05, 0.1) is 0 Å². The molecule has 1 heterocycles. The molecule has 1 saturated heterocycles. The monoisotopic (exact) mass is 236 g/mol. The summed E-state index contributed by atoms with van der Waals surface area (Å²) in [6, 6.07) is 0.771. The van der Waals surface area contributed by atoms with E-state index >= 15 is 0 Å². The fraction of sp³-hybridized carbons (Fsp3) is 1.00. The third-order valence-corrected chi connectivity index (χ3v) is 5.38. The number of likely N-dealkylation sites (tertiary alicyclic amines) is 1. The topological polar surface area (TPSA) is 15.3 Å². The Morgan fingerprint density at radius 1 is 1.18 bits per heavy atom. The van der Waals surface area contributed by atoms with Gasteiger partial charge in [0.15, 0.2) is 0 Å². The Labute approximate surface area is 106 Å². The number of nitrogens with one attached hydrogen (secondary N) is 1. The Bertz CT molecular complexity index is 251. The van der Waals surface area contributed by atoms with Crippen molar-refractivity contribution >= 4 is 0 Å². The molecule has 3 rings (SSSR count). The molecule has 2 aliphatic carbocycles. The van der Waals surface area contributed by atoms with Gasteiger partial charge in [-0.05, 0) is 62.9 Å². The zero-order chi connectivity index (χ0) is 11.7. The molecule has 0 aromatic heterocycles. The number of fused-ring (bicyclic) bond motifs is 2. The van der Waals surface area contributed by atoms with E-state index in [0.717, 1.165) is 30.3 Å². The van der Waals surface area contributed by atoms with Crippen LogP contribution in [0.1, 0.15) is 45.4 Å². The second kappa shape index (κ2) is 5.27. The number of nitrogens with zero attached hydrogens (tertiary/aromatic N) is 1. The van der Waals surface area contributed by atoms with E-state index < -0.39 is 0 Å². The first-order valence-corrected chi connectivity index (χ1v) is 7.81. The third kappa shape index (κ3) is 2.68. The van der Waals surface area contributed by atoms with E-state index in [0.29, 0.717) is 0 Å². The molecule has 4 unspecified atom stereocenters. The number of likely N-dealkylation sites (N-methyl/N-ethyl adjacent to an activating group) is 1. The van der Waals surface area contributed by atoms with Crippen LogP contribution in [0.15, 0.2) is 0 Å². The minimum atomic E-state index is 0.771. The Balaban J connectivity index is 1.48. The second-order valence-corrected chi connectivity index (χ2v) is 6.59. The van der Waals surface area contributed by atoms with Crippen molar-refractivity contribution in [3.63, 3.8) is 0 Å². The minimum Gasteiger partial charge on any atom is -0.313 e. The molecule has 3 aliphatic rings. The van der Waals surface area contributed by atoms with E-state index in [4.69, 9.17) is 0 Å². The summed E-state index contributed by atoms with van der Waals surface area (Å²) in [7, 11) is 0. The molecule has 1 N–H and O–H groups in total. The molecule has 0 amide bonds. The SMILES string of the molecule is CCNC1CCCN(CC2CC3CCC2C3)C1. The van der Waals surface area contributed by atoms with Gasteiger partial charge in [-0.1, -0.05) is 13.3 Å². The lowest BCUT2D eigenvalue weighted by Gasteiger charge is -2.36. The summed E-state index contributed by atoms with van der Waals surface area (Å²) in [4.78, 5) is 2.75. The Hall–Kier alpha value is -0.0800. The van der Waals surface area contributed by atoms with Crippen molar-refractivity contribution < 1.29 is 0 Å². The first-order valence-electron chi connectivity index (χ1n) is 7.81. The van der Waals surface area contributed by atoms with Crippen molar-refractivity contribution in [2.75, 3.05) is 26.2 Å². The lowest BCUT2D eigenvalue weighted by atomic mass is 9.88. The highest BCUT2D eigenvalue weighted by Crippen LogP contribution is 2.48. The van der Waals surface area contributed by atoms with Crippen LogP contribution in [0.2, 0.25) is 0 Å². The number of hydrogen-bond acceptors (Lipinski definition) is 2. The molecule has 98 valence electrons. The van der Waals surface area contributed by atoms with Crippen molar-refractivity contribution in [3.8, 4) is 0 Å². The molecule has 0 aromatic rings. The molecule has 2 heteroatoms. The van der Waals surface area contributed by atoms with Crippen LogP contribution in [0.25, 0.3) is 0 Å². The molecule has 2 saturated carbocycles. The lowest BCUT2D eigenvalue weighted by molar-refractivity contribution is 0.144. The average Bonchev–Trinajstić information content (AvgIpc) is 2.92. The Morgan fingerprint density at radius 2 is 2.12 bits per heavy atom. The molecule has 2 nitrogen and oxygen atoms in total. The standard InChI is InChI=1S/C15H28N2/c1-2-16-15-4-3-7-17(11-15)10-14-9-12-5-6-13(14)8-12/h12-16H,2-11H2,1H3. The van der Waals surface area contributed by atoms with Crippen molar-refractivity contribution in [2.45, 2.75) is 51.5 Å². The van der Waals surface area contributed by atoms with Gasteiger partial charge in [0, 0.05) is 19.1 Å². The van der Waals surface area contributed by atoms with E-state index in [2.05, 4.69) is 17.1 Å². The van der Waals surface area contributed by atoms with E-state index in [9.17, 15) is 0 Å². The predicted octanol–water partition coefficient (Wildman–Crippen LogP) is 2.50. The average molecular weight is 236 g/mol. The van der Waals surface area contributed by atoms with Crippen molar-refractivity contribution in [1.82, 2.24) is 10.2 Å². The van der Waals surface area contributed by atoms with Gasteiger partial charge in [-0.15, -0.1) is 0 Å². The van der Waals surface area contributed by atoms with Gasteiger partial charge >= 0.3 is 0 Å². The zero-order valence-electron chi connectivity index (χ0n) is 11.3. The molecule has 0 radical (unpaired) electrons. The van der Waals surface area contributed by atoms with Gasteiger partial charge in [0.2, 0.25) is 0 Å². The van der Waals surface area contributed by atoms with Gasteiger partial charge in [0.1, 0.15) is 0 Å². The zero-order valence-corrected chi connectivity index (χ0v) is 11.3. The highest BCUT2D eigenvalue weighted by Gasteiger charge is 2.40. The fourth-order valence-electron chi connectivity index (χ4n) is 4.61. The fourth-order valence-corrected chi connectivity index (χ4v) is 4.61. The van der Waals surface area contributed by atoms with Gasteiger partial charge in [-0.3, -0.25) is 0 Å². The summed E-state index contributed by atoms with van der Waals surface area (Å²) in [5.41, 5.74) is 0. The predicted molar refractivity (Wildman–Crippen MR) is 72.1 cm³/mol. The van der Waals surface area contributed by atoms with E-state index in [1.54, 1.807) is 25.7 Å². The smallest absolute Gasteiger partial charge is 0.0195 e. The van der Waals surface area contributed by atoms with Crippen LogP contribution in [0.5, 0.6) is 0 Å². The normalized spacial score (nSPS) is 42.2. The quantitative estimate of drug-likeness (QED) is 0.807. The van der Waals surface area contributed by atoms with Crippen molar-refractivity contribution in [2.24, 2.45) is 17.8 Å². The molecule has 0 spiro atoms. The molecule has 1 aliphatic heterocycles. The maximum atomic E-state index is 3.63. The van der Waals surface area contributed by atoms with E-state index in [1.807, 2.05) is 0 Å². The number of rotatable bonds is 4. The van der Waals surface area contributed by atoms with E-state index in [1.165, 1.54) is 32.5 Å². The molecular weight excluding hydrogens is 208 g/mol. The first-order chi connectivity index (χ1) is 8.35. The van der Waals surface area contributed by atoms with Gasteiger partial charge < -0.3 is 10.2 Å².